The van der Waals surface area contributed by atoms with E-state index in [4.69, 9.17) is 4.52 Å². The lowest BCUT2D eigenvalue weighted by atomic mass is 9.62. The van der Waals surface area contributed by atoms with Crippen LogP contribution in [-0.4, -0.2) is 17.8 Å². The van der Waals surface area contributed by atoms with Crippen LogP contribution in [0.4, 0.5) is 0 Å². The number of rotatable bonds is 3. The molecule has 94 valence electrons. The molecule has 0 amide bonds. The quantitative estimate of drug-likeness (QED) is 0.773. The maximum absolute atomic E-state index is 9.39. The summed E-state index contributed by atoms with van der Waals surface area (Å²) in [6.07, 6.45) is 6.79. The van der Waals surface area contributed by atoms with E-state index in [0.717, 1.165) is 0 Å². The highest BCUT2D eigenvalue weighted by Crippen LogP contribution is 2.58. The Bertz CT molecular complexity index is 238. The van der Waals surface area contributed by atoms with Gasteiger partial charge in [-0.25, -0.2) is 0 Å². The first-order valence-electron chi connectivity index (χ1n) is 6.60. The third-order valence-corrected chi connectivity index (χ3v) is 5.63. The monoisotopic (exact) mass is 244 g/mol. The van der Waals surface area contributed by atoms with E-state index in [1.807, 2.05) is 0 Å². The lowest BCUT2D eigenvalue weighted by molar-refractivity contribution is -0.0134. The van der Waals surface area contributed by atoms with Gasteiger partial charge in [0.05, 0.1) is 6.10 Å². The van der Waals surface area contributed by atoms with Crippen LogP contribution in [0.3, 0.4) is 0 Å². The third-order valence-electron chi connectivity index (χ3n) is 5.29. The van der Waals surface area contributed by atoms with E-state index in [9.17, 15) is 5.11 Å². The first-order valence-corrected chi connectivity index (χ1v) is 7.07. The molecule has 2 aliphatic rings. The van der Waals surface area contributed by atoms with Gasteiger partial charge in [-0.3, -0.25) is 0 Å². The molecule has 0 aliphatic heterocycles. The van der Waals surface area contributed by atoms with Crippen LogP contribution in [0, 0.1) is 23.2 Å². The molecule has 0 aromatic rings. The number of aliphatic hydroxyl groups excluding tert-OH is 1. The standard InChI is InChI=1S/C13H25O2P/c1-9(8-14)10-5-6-11-12(15-16)4-3-7-13(10,11)2/h9-12,14H,3-8,16H2,1-2H3. The van der Waals surface area contributed by atoms with Crippen LogP contribution in [-0.2, 0) is 4.52 Å². The van der Waals surface area contributed by atoms with Crippen molar-refractivity contribution in [2.24, 2.45) is 23.2 Å². The van der Waals surface area contributed by atoms with Crippen molar-refractivity contribution in [3.8, 4) is 0 Å². The molecule has 0 aromatic carbocycles. The molecule has 6 unspecified atom stereocenters. The van der Waals surface area contributed by atoms with Gasteiger partial charge in [0.15, 0.2) is 0 Å². The molecule has 0 heterocycles. The normalized spacial score (nSPS) is 45.4. The number of fused-ring (bicyclic) bond motifs is 1. The molecule has 0 saturated heterocycles. The van der Waals surface area contributed by atoms with E-state index in [0.29, 0.717) is 35.9 Å². The van der Waals surface area contributed by atoms with Crippen LogP contribution in [0.25, 0.3) is 0 Å². The van der Waals surface area contributed by atoms with Crippen LogP contribution in [0.5, 0.6) is 0 Å². The van der Waals surface area contributed by atoms with Gasteiger partial charge in [0.25, 0.3) is 0 Å². The third kappa shape index (κ3) is 1.94. The number of aliphatic hydroxyl groups is 1. The fourth-order valence-electron chi connectivity index (χ4n) is 4.38. The molecule has 2 aliphatic carbocycles. The zero-order chi connectivity index (χ0) is 11.8. The average molecular weight is 244 g/mol. The molecular formula is C13H25O2P. The van der Waals surface area contributed by atoms with Gasteiger partial charge >= 0.3 is 0 Å². The predicted octanol–water partition coefficient (Wildman–Crippen LogP) is 3.01. The van der Waals surface area contributed by atoms with E-state index in [1.165, 1.54) is 32.1 Å². The number of hydrogen-bond acceptors (Lipinski definition) is 2. The second kappa shape index (κ2) is 4.92. The van der Waals surface area contributed by atoms with E-state index in [-0.39, 0.29) is 0 Å². The molecule has 2 rings (SSSR count). The summed E-state index contributed by atoms with van der Waals surface area (Å²) >= 11 is 0. The summed E-state index contributed by atoms with van der Waals surface area (Å²) in [5, 5.41) is 9.39. The van der Waals surface area contributed by atoms with Crippen LogP contribution < -0.4 is 0 Å². The van der Waals surface area contributed by atoms with E-state index in [2.05, 4.69) is 23.3 Å². The molecule has 1 N–H and O–H groups in total. The molecular weight excluding hydrogens is 219 g/mol. The van der Waals surface area contributed by atoms with Gasteiger partial charge in [0.2, 0.25) is 0 Å². The summed E-state index contributed by atoms with van der Waals surface area (Å²) in [5.74, 6) is 1.83. The van der Waals surface area contributed by atoms with Gasteiger partial charge in [-0.1, -0.05) is 20.3 Å². The minimum Gasteiger partial charge on any atom is -0.396 e. The first-order chi connectivity index (χ1) is 7.63. The molecule has 2 fully saturated rings. The van der Waals surface area contributed by atoms with Crippen molar-refractivity contribution in [2.75, 3.05) is 6.61 Å². The van der Waals surface area contributed by atoms with Crippen LogP contribution in [0.2, 0.25) is 0 Å². The SMILES string of the molecule is CC(CO)C1CCC2C(OP)CCCC12C. The van der Waals surface area contributed by atoms with Gasteiger partial charge in [-0.2, -0.15) is 0 Å². The lowest BCUT2D eigenvalue weighted by Gasteiger charge is -2.45. The molecule has 6 atom stereocenters. The Kier molecular flexibility index (Phi) is 3.93. The molecule has 0 radical (unpaired) electrons. The maximum Gasteiger partial charge on any atom is 0.0644 e. The minimum atomic E-state index is 0.333. The van der Waals surface area contributed by atoms with Crippen molar-refractivity contribution in [1.82, 2.24) is 0 Å². The molecule has 0 bridgehead atoms. The Balaban J connectivity index is 2.17. The summed E-state index contributed by atoms with van der Waals surface area (Å²) < 4.78 is 5.59. The zero-order valence-corrected chi connectivity index (χ0v) is 11.6. The molecule has 2 saturated carbocycles. The van der Waals surface area contributed by atoms with Crippen molar-refractivity contribution < 1.29 is 9.63 Å². The van der Waals surface area contributed by atoms with Crippen molar-refractivity contribution in [3.63, 3.8) is 0 Å². The van der Waals surface area contributed by atoms with Crippen molar-refractivity contribution in [1.29, 1.82) is 0 Å². The smallest absolute Gasteiger partial charge is 0.0644 e. The summed E-state index contributed by atoms with van der Waals surface area (Å²) in [6, 6.07) is 0. The van der Waals surface area contributed by atoms with Gasteiger partial charge in [0.1, 0.15) is 0 Å². The summed E-state index contributed by atoms with van der Waals surface area (Å²) in [4.78, 5) is 0. The highest BCUT2D eigenvalue weighted by Gasteiger charge is 2.52. The highest BCUT2D eigenvalue weighted by atomic mass is 31.0. The Labute approximate surface area is 101 Å². The maximum atomic E-state index is 9.39. The van der Waals surface area contributed by atoms with E-state index < -0.39 is 0 Å². The largest absolute Gasteiger partial charge is 0.396 e. The molecule has 3 heteroatoms. The van der Waals surface area contributed by atoms with Gasteiger partial charge in [0, 0.05) is 16.1 Å². The highest BCUT2D eigenvalue weighted by molar-refractivity contribution is 7.09. The van der Waals surface area contributed by atoms with Crippen LogP contribution in [0.15, 0.2) is 0 Å². The van der Waals surface area contributed by atoms with E-state index >= 15 is 0 Å². The topological polar surface area (TPSA) is 29.5 Å². The molecule has 16 heavy (non-hydrogen) atoms. The number of hydrogen-bond donors (Lipinski definition) is 1. The minimum absolute atomic E-state index is 0.333. The van der Waals surface area contributed by atoms with Crippen molar-refractivity contribution in [3.05, 3.63) is 0 Å². The van der Waals surface area contributed by atoms with Gasteiger partial charge in [-0.15, -0.1) is 0 Å². The molecule has 0 spiro atoms. The second-order valence-corrected chi connectivity index (χ2v) is 6.29. The predicted molar refractivity (Wildman–Crippen MR) is 69.0 cm³/mol. The lowest BCUT2D eigenvalue weighted by Crippen LogP contribution is -2.42. The van der Waals surface area contributed by atoms with E-state index in [1.54, 1.807) is 0 Å². The van der Waals surface area contributed by atoms with Crippen molar-refractivity contribution >= 4 is 9.47 Å². The second-order valence-electron chi connectivity index (χ2n) is 6.02. The van der Waals surface area contributed by atoms with Gasteiger partial charge in [-0.05, 0) is 48.9 Å². The fraction of sp³-hybridized carbons (Fsp3) is 1.00. The fourth-order valence-corrected chi connectivity index (χ4v) is 4.71. The van der Waals surface area contributed by atoms with Crippen molar-refractivity contribution in [2.45, 2.75) is 52.1 Å². The Morgan fingerprint density at radius 2 is 2.19 bits per heavy atom. The zero-order valence-electron chi connectivity index (χ0n) is 10.5. The average Bonchev–Trinajstić information content (AvgIpc) is 2.64. The van der Waals surface area contributed by atoms with Crippen LogP contribution in [0.1, 0.15) is 46.0 Å². The Morgan fingerprint density at radius 1 is 1.44 bits per heavy atom. The summed E-state index contributed by atoms with van der Waals surface area (Å²) in [5.41, 5.74) is 0.404. The summed E-state index contributed by atoms with van der Waals surface area (Å²) in [7, 11) is 2.45. The van der Waals surface area contributed by atoms with Crippen LogP contribution >= 0.6 is 9.47 Å². The summed E-state index contributed by atoms with van der Waals surface area (Å²) in [6.45, 7) is 4.96. The Morgan fingerprint density at radius 3 is 2.81 bits per heavy atom. The first kappa shape index (κ1) is 12.8. The van der Waals surface area contributed by atoms with Gasteiger partial charge < -0.3 is 9.63 Å². The Hall–Kier alpha value is 0.350. The molecule has 0 aromatic heterocycles. The molecule has 2 nitrogen and oxygen atoms in total.